The lowest BCUT2D eigenvalue weighted by Crippen LogP contribution is -1.91. The Labute approximate surface area is 136 Å². The Kier molecular flexibility index (Phi) is 10.7. The average Bonchev–Trinajstić information content (AvgIpc) is 2.60. The van der Waals surface area contributed by atoms with Gasteiger partial charge in [0.25, 0.3) is 0 Å². The number of phenolic OH excluding ortho intramolecular Hbond substituents is 2. The highest BCUT2D eigenvalue weighted by molar-refractivity contribution is 5.96. The molecule has 0 unspecified atom stereocenters. The van der Waals surface area contributed by atoms with E-state index < -0.39 is 0 Å². The number of nitrogens with two attached hydrogens (primary N) is 1. The molecule has 2 aromatic carbocycles. The lowest BCUT2D eigenvalue weighted by Gasteiger charge is -2.05. The van der Waals surface area contributed by atoms with Crippen molar-refractivity contribution in [1.29, 1.82) is 0 Å². The van der Waals surface area contributed by atoms with Crippen LogP contribution in [0.2, 0.25) is 0 Å². The van der Waals surface area contributed by atoms with Gasteiger partial charge in [-0.25, -0.2) is 0 Å². The van der Waals surface area contributed by atoms with Crippen LogP contribution < -0.4 is 5.73 Å². The van der Waals surface area contributed by atoms with Gasteiger partial charge in [0, 0.05) is 0 Å². The number of azo groups is 2. The molecular weight excluding hydrogens is 294 g/mol. The van der Waals surface area contributed by atoms with E-state index in [0.717, 1.165) is 5.39 Å². The highest BCUT2D eigenvalue weighted by Crippen LogP contribution is 2.39. The van der Waals surface area contributed by atoms with Crippen LogP contribution in [0.1, 0.15) is 27.7 Å². The normalized spacial score (nSPS) is 10.3. The van der Waals surface area contributed by atoms with Crippen molar-refractivity contribution in [3.63, 3.8) is 0 Å². The second-order valence-corrected chi connectivity index (χ2v) is 3.66. The molecule has 0 bridgehead atoms. The Morgan fingerprint density at radius 3 is 2.26 bits per heavy atom. The van der Waals surface area contributed by atoms with E-state index in [2.05, 4.69) is 20.5 Å². The number of benzene rings is 2. The molecule has 0 spiro atoms. The second-order valence-electron chi connectivity index (χ2n) is 3.66. The number of fused-ring (bicyclic) bond motifs is 1. The number of rotatable bonds is 4. The Hall–Kier alpha value is -2.54. The first-order valence-corrected chi connectivity index (χ1v) is 7.58. The topological polar surface area (TPSA) is 116 Å². The number of phenols is 2. The molecule has 0 fully saturated rings. The SMILES string of the molecule is CC.CC.NCN=NCN=Nc1ccc2cccc(O)c2c1O. The minimum atomic E-state index is -0.116. The minimum Gasteiger partial charge on any atom is -0.507 e. The molecule has 0 aromatic heterocycles. The molecule has 0 atom stereocenters. The molecule has 2 aromatic rings. The van der Waals surface area contributed by atoms with Crippen molar-refractivity contribution in [2.45, 2.75) is 27.7 Å². The van der Waals surface area contributed by atoms with Gasteiger partial charge in [0.05, 0.1) is 5.39 Å². The van der Waals surface area contributed by atoms with Gasteiger partial charge in [0.15, 0.2) is 12.4 Å². The molecule has 2 rings (SSSR count). The minimum absolute atomic E-state index is 0.00475. The third-order valence-electron chi connectivity index (χ3n) is 2.46. The third-order valence-corrected chi connectivity index (χ3v) is 2.46. The number of hydrogen-bond acceptors (Lipinski definition) is 7. The van der Waals surface area contributed by atoms with Crippen molar-refractivity contribution >= 4 is 16.5 Å². The van der Waals surface area contributed by atoms with Gasteiger partial charge in [0.1, 0.15) is 18.1 Å². The molecule has 0 aliphatic rings. The first-order valence-electron chi connectivity index (χ1n) is 7.58. The highest BCUT2D eigenvalue weighted by Gasteiger charge is 2.09. The van der Waals surface area contributed by atoms with E-state index >= 15 is 0 Å². The lowest BCUT2D eigenvalue weighted by atomic mass is 10.1. The average molecular weight is 319 g/mol. The van der Waals surface area contributed by atoms with E-state index in [1.54, 1.807) is 24.3 Å². The Balaban J connectivity index is 0.00000112. The van der Waals surface area contributed by atoms with E-state index in [4.69, 9.17) is 5.73 Å². The van der Waals surface area contributed by atoms with Crippen molar-refractivity contribution < 1.29 is 10.2 Å². The first-order chi connectivity index (χ1) is 11.2. The standard InChI is InChI=1S/C12H13N5O2.2C2H6/c13-6-14-15-7-16-17-9-5-4-8-2-1-3-10(18)11(8)12(9)19;2*1-2/h1-5,18-19H,6-7,13H2;2*1-2H3. The van der Waals surface area contributed by atoms with Crippen LogP contribution in [-0.2, 0) is 0 Å². The molecule has 4 N–H and O–H groups in total. The van der Waals surface area contributed by atoms with Gasteiger partial charge >= 0.3 is 0 Å². The monoisotopic (exact) mass is 319 g/mol. The fraction of sp³-hybridized carbons (Fsp3) is 0.375. The summed E-state index contributed by atoms with van der Waals surface area (Å²) in [6.45, 7) is 8.14. The van der Waals surface area contributed by atoms with Gasteiger partial charge in [-0.3, -0.25) is 0 Å². The van der Waals surface area contributed by atoms with Crippen LogP contribution in [0.5, 0.6) is 11.5 Å². The molecule has 23 heavy (non-hydrogen) atoms. The van der Waals surface area contributed by atoms with Crippen LogP contribution in [0.15, 0.2) is 50.8 Å². The molecule has 0 amide bonds. The molecule has 0 saturated carbocycles. The molecule has 0 radical (unpaired) electrons. The fourth-order valence-corrected chi connectivity index (χ4v) is 1.65. The molecule has 0 heterocycles. The van der Waals surface area contributed by atoms with Gasteiger partial charge in [-0.15, -0.1) is 0 Å². The van der Waals surface area contributed by atoms with Gasteiger partial charge in [-0.1, -0.05) is 45.9 Å². The highest BCUT2D eigenvalue weighted by atomic mass is 16.3. The van der Waals surface area contributed by atoms with Crippen molar-refractivity contribution in [2.75, 3.05) is 13.3 Å². The van der Waals surface area contributed by atoms with Crippen LogP contribution in [0.4, 0.5) is 5.69 Å². The van der Waals surface area contributed by atoms with Crippen molar-refractivity contribution in [1.82, 2.24) is 0 Å². The summed E-state index contributed by atoms with van der Waals surface area (Å²) in [6.07, 6.45) is 0. The van der Waals surface area contributed by atoms with Crippen molar-refractivity contribution in [3.8, 4) is 11.5 Å². The predicted molar refractivity (Wildman–Crippen MR) is 93.3 cm³/mol. The molecular formula is C16H25N5O2. The lowest BCUT2D eigenvalue weighted by molar-refractivity contribution is 0.464. The molecule has 0 aliphatic heterocycles. The maximum absolute atomic E-state index is 10.0. The fourth-order valence-electron chi connectivity index (χ4n) is 1.65. The molecule has 0 saturated heterocycles. The van der Waals surface area contributed by atoms with E-state index in [1.165, 1.54) is 6.07 Å². The van der Waals surface area contributed by atoms with Crippen LogP contribution in [-0.4, -0.2) is 23.6 Å². The Morgan fingerprint density at radius 1 is 0.913 bits per heavy atom. The van der Waals surface area contributed by atoms with Gasteiger partial charge in [-0.05, 0) is 17.5 Å². The van der Waals surface area contributed by atoms with Gasteiger partial charge in [0.2, 0.25) is 0 Å². The predicted octanol–water partition coefficient (Wildman–Crippen LogP) is 4.71. The zero-order valence-electron chi connectivity index (χ0n) is 14.1. The summed E-state index contributed by atoms with van der Waals surface area (Å²) in [4.78, 5) is 0. The van der Waals surface area contributed by atoms with Crippen LogP contribution >= 0.6 is 0 Å². The zero-order chi connectivity index (χ0) is 17.7. The Bertz CT molecular complexity index is 642. The number of aromatic hydroxyl groups is 2. The smallest absolute Gasteiger partial charge is 0.171 e. The quantitative estimate of drug-likeness (QED) is 0.708. The second kappa shape index (κ2) is 12.0. The van der Waals surface area contributed by atoms with Crippen LogP contribution in [0.25, 0.3) is 10.8 Å². The summed E-state index contributed by atoms with van der Waals surface area (Å²) in [7, 11) is 0. The van der Waals surface area contributed by atoms with Gasteiger partial charge < -0.3 is 15.9 Å². The Morgan fingerprint density at radius 2 is 1.61 bits per heavy atom. The van der Waals surface area contributed by atoms with E-state index in [9.17, 15) is 10.2 Å². The summed E-state index contributed by atoms with van der Waals surface area (Å²) in [5, 5.41) is 35.6. The summed E-state index contributed by atoms with van der Waals surface area (Å²) in [6, 6.07) is 8.33. The molecule has 7 heteroatoms. The summed E-state index contributed by atoms with van der Waals surface area (Å²) in [5.74, 6) is -0.120. The van der Waals surface area contributed by atoms with E-state index in [-0.39, 0.29) is 30.5 Å². The molecule has 7 nitrogen and oxygen atoms in total. The van der Waals surface area contributed by atoms with Crippen LogP contribution in [0, 0.1) is 0 Å². The third kappa shape index (κ3) is 5.99. The number of nitrogens with zero attached hydrogens (tertiary/aromatic N) is 4. The summed E-state index contributed by atoms with van der Waals surface area (Å²) >= 11 is 0. The maximum atomic E-state index is 10.0. The van der Waals surface area contributed by atoms with E-state index in [1.807, 2.05) is 27.7 Å². The summed E-state index contributed by atoms with van der Waals surface area (Å²) in [5.41, 5.74) is 5.39. The number of hydrogen-bond donors (Lipinski definition) is 3. The van der Waals surface area contributed by atoms with Crippen LogP contribution in [0.3, 0.4) is 0 Å². The van der Waals surface area contributed by atoms with Gasteiger partial charge in [-0.2, -0.15) is 20.5 Å². The zero-order valence-corrected chi connectivity index (χ0v) is 14.1. The summed E-state index contributed by atoms with van der Waals surface area (Å²) < 4.78 is 0. The van der Waals surface area contributed by atoms with Crippen molar-refractivity contribution in [2.24, 2.45) is 26.2 Å². The molecule has 126 valence electrons. The van der Waals surface area contributed by atoms with Crippen molar-refractivity contribution in [3.05, 3.63) is 30.3 Å². The van der Waals surface area contributed by atoms with E-state index in [0.29, 0.717) is 5.39 Å². The largest absolute Gasteiger partial charge is 0.507 e. The first kappa shape index (κ1) is 20.5. The molecule has 0 aliphatic carbocycles. The maximum Gasteiger partial charge on any atom is 0.171 e.